The first-order chi connectivity index (χ1) is 8.94. The van der Waals surface area contributed by atoms with Crippen molar-refractivity contribution < 1.29 is 18.1 Å². The number of benzene rings is 1. The van der Waals surface area contributed by atoms with Gasteiger partial charge in [0.2, 0.25) is 10.0 Å². The Morgan fingerprint density at radius 1 is 1.32 bits per heavy atom. The number of ether oxygens (including phenoxy) is 1. The van der Waals surface area contributed by atoms with Crippen LogP contribution in [0.3, 0.4) is 0 Å². The third kappa shape index (κ3) is 5.77. The number of nitro groups is 1. The van der Waals surface area contributed by atoms with Gasteiger partial charge in [-0.25, -0.2) is 13.1 Å². The molecule has 0 saturated heterocycles. The van der Waals surface area contributed by atoms with Crippen LogP contribution >= 0.6 is 0 Å². The Morgan fingerprint density at radius 3 is 2.47 bits per heavy atom. The third-order valence-electron chi connectivity index (χ3n) is 2.35. The van der Waals surface area contributed by atoms with Gasteiger partial charge < -0.3 is 4.74 Å². The number of nitrogens with zero attached hydrogens (tertiary/aromatic N) is 1. The molecule has 0 heterocycles. The van der Waals surface area contributed by atoms with Crippen LogP contribution < -0.4 is 4.72 Å². The Hall–Kier alpha value is -1.51. The SMILES string of the molecule is COCCCNS(=O)(=O)Cc1ccc([N+](=O)[O-])cc1. The fourth-order valence-electron chi connectivity index (χ4n) is 1.43. The third-order valence-corrected chi connectivity index (χ3v) is 3.71. The van der Waals surface area contributed by atoms with Crippen LogP contribution in [0.5, 0.6) is 0 Å². The molecule has 0 spiro atoms. The number of hydrogen-bond acceptors (Lipinski definition) is 5. The van der Waals surface area contributed by atoms with Crippen molar-refractivity contribution in [1.29, 1.82) is 0 Å². The highest BCUT2D eigenvalue weighted by Crippen LogP contribution is 2.13. The van der Waals surface area contributed by atoms with Crippen LogP contribution in [0.25, 0.3) is 0 Å². The van der Waals surface area contributed by atoms with Crippen molar-refractivity contribution in [2.45, 2.75) is 12.2 Å². The zero-order chi connectivity index (χ0) is 14.3. The maximum atomic E-state index is 11.7. The molecule has 7 nitrogen and oxygen atoms in total. The van der Waals surface area contributed by atoms with E-state index in [1.54, 1.807) is 7.11 Å². The van der Waals surface area contributed by atoms with Gasteiger partial charge in [-0.3, -0.25) is 10.1 Å². The van der Waals surface area contributed by atoms with Crippen LogP contribution in [0.1, 0.15) is 12.0 Å². The molecule has 1 aromatic rings. The summed E-state index contributed by atoms with van der Waals surface area (Å²) in [5.74, 6) is -0.196. The lowest BCUT2D eigenvalue weighted by Crippen LogP contribution is -2.26. The second-order valence-corrected chi connectivity index (χ2v) is 5.73. The number of rotatable bonds is 8. The lowest BCUT2D eigenvalue weighted by atomic mass is 10.2. The molecule has 0 aliphatic heterocycles. The average molecular weight is 288 g/mol. The van der Waals surface area contributed by atoms with E-state index < -0.39 is 14.9 Å². The zero-order valence-corrected chi connectivity index (χ0v) is 11.4. The Bertz CT molecular complexity index is 512. The molecule has 0 aromatic heterocycles. The molecule has 1 aromatic carbocycles. The molecule has 0 fully saturated rings. The number of hydrogen-bond donors (Lipinski definition) is 1. The van der Waals surface area contributed by atoms with Gasteiger partial charge in [0.15, 0.2) is 0 Å². The van der Waals surface area contributed by atoms with Crippen molar-refractivity contribution in [2.24, 2.45) is 0 Å². The number of sulfonamides is 1. The van der Waals surface area contributed by atoms with E-state index in [0.29, 0.717) is 25.1 Å². The van der Waals surface area contributed by atoms with Crippen molar-refractivity contribution in [3.63, 3.8) is 0 Å². The molecule has 1 rings (SSSR count). The number of methoxy groups -OCH3 is 1. The first-order valence-electron chi connectivity index (χ1n) is 5.64. The summed E-state index contributed by atoms with van der Waals surface area (Å²) in [5, 5.41) is 10.5. The van der Waals surface area contributed by atoms with Gasteiger partial charge in [0, 0.05) is 32.4 Å². The van der Waals surface area contributed by atoms with E-state index in [2.05, 4.69) is 4.72 Å². The van der Waals surface area contributed by atoms with Gasteiger partial charge in [0.25, 0.3) is 5.69 Å². The zero-order valence-electron chi connectivity index (χ0n) is 10.5. The Kier molecular flexibility index (Phi) is 5.87. The van der Waals surface area contributed by atoms with Gasteiger partial charge in [0.1, 0.15) is 0 Å². The minimum Gasteiger partial charge on any atom is -0.385 e. The summed E-state index contributed by atoms with van der Waals surface area (Å²) in [6.45, 7) is 0.795. The molecular weight excluding hydrogens is 272 g/mol. The average Bonchev–Trinajstić information content (AvgIpc) is 2.35. The predicted molar refractivity (Wildman–Crippen MR) is 70.2 cm³/mol. The lowest BCUT2D eigenvalue weighted by molar-refractivity contribution is -0.384. The second-order valence-electron chi connectivity index (χ2n) is 3.92. The van der Waals surface area contributed by atoms with Crippen LogP contribution in [0.15, 0.2) is 24.3 Å². The van der Waals surface area contributed by atoms with Crippen molar-refractivity contribution in [3.8, 4) is 0 Å². The maximum Gasteiger partial charge on any atom is 0.269 e. The molecule has 0 aliphatic carbocycles. The van der Waals surface area contributed by atoms with Crippen LogP contribution in [-0.4, -0.2) is 33.6 Å². The minimum absolute atomic E-state index is 0.0609. The van der Waals surface area contributed by atoms with Gasteiger partial charge in [-0.15, -0.1) is 0 Å². The summed E-state index contributed by atoms with van der Waals surface area (Å²) in [7, 11) is -1.88. The highest BCUT2D eigenvalue weighted by atomic mass is 32.2. The quantitative estimate of drug-likeness (QED) is 0.438. The molecule has 0 bridgehead atoms. The first kappa shape index (κ1) is 15.5. The fourth-order valence-corrected chi connectivity index (χ4v) is 2.62. The smallest absolute Gasteiger partial charge is 0.269 e. The van der Waals surface area contributed by atoms with Crippen LogP contribution in [0, 0.1) is 10.1 Å². The molecule has 0 radical (unpaired) electrons. The Labute approximate surface area is 111 Å². The molecule has 19 heavy (non-hydrogen) atoms. The molecule has 0 amide bonds. The van der Waals surface area contributed by atoms with E-state index in [0.717, 1.165) is 0 Å². The van der Waals surface area contributed by atoms with E-state index in [1.807, 2.05) is 0 Å². The van der Waals surface area contributed by atoms with Crippen molar-refractivity contribution in [2.75, 3.05) is 20.3 Å². The van der Waals surface area contributed by atoms with E-state index in [4.69, 9.17) is 4.74 Å². The Morgan fingerprint density at radius 2 is 1.95 bits per heavy atom. The number of non-ortho nitro benzene ring substituents is 1. The summed E-state index contributed by atoms with van der Waals surface area (Å²) < 4.78 is 30.6. The maximum absolute atomic E-state index is 11.7. The molecular formula is C11H16N2O5S. The van der Waals surface area contributed by atoms with Crippen molar-refractivity contribution in [1.82, 2.24) is 4.72 Å². The topological polar surface area (TPSA) is 98.5 Å². The summed E-state index contributed by atoms with van der Waals surface area (Å²) in [4.78, 5) is 9.94. The van der Waals surface area contributed by atoms with Gasteiger partial charge in [-0.2, -0.15) is 0 Å². The summed E-state index contributed by atoms with van der Waals surface area (Å²) >= 11 is 0. The second kappa shape index (κ2) is 7.17. The monoisotopic (exact) mass is 288 g/mol. The predicted octanol–water partition coefficient (Wildman–Crippen LogP) is 1.05. The molecule has 8 heteroatoms. The van der Waals surface area contributed by atoms with Crippen LogP contribution in [0.2, 0.25) is 0 Å². The van der Waals surface area contributed by atoms with E-state index >= 15 is 0 Å². The van der Waals surface area contributed by atoms with Gasteiger partial charge in [-0.1, -0.05) is 12.1 Å². The van der Waals surface area contributed by atoms with E-state index in [1.165, 1.54) is 24.3 Å². The summed E-state index contributed by atoms with van der Waals surface area (Å²) in [6, 6.07) is 5.45. The summed E-state index contributed by atoms with van der Waals surface area (Å²) in [6.07, 6.45) is 0.593. The molecule has 0 saturated carbocycles. The number of nitrogens with one attached hydrogen (secondary N) is 1. The molecule has 0 unspecified atom stereocenters. The van der Waals surface area contributed by atoms with Gasteiger partial charge in [0.05, 0.1) is 10.7 Å². The summed E-state index contributed by atoms with van der Waals surface area (Å²) in [5.41, 5.74) is 0.444. The molecule has 0 aliphatic rings. The van der Waals surface area contributed by atoms with Crippen molar-refractivity contribution in [3.05, 3.63) is 39.9 Å². The van der Waals surface area contributed by atoms with Crippen LogP contribution in [0.4, 0.5) is 5.69 Å². The Balaban J connectivity index is 2.55. The highest BCUT2D eigenvalue weighted by molar-refractivity contribution is 7.88. The van der Waals surface area contributed by atoms with Gasteiger partial charge in [-0.05, 0) is 12.0 Å². The first-order valence-corrected chi connectivity index (χ1v) is 7.29. The largest absolute Gasteiger partial charge is 0.385 e. The number of nitro benzene ring substituents is 1. The van der Waals surface area contributed by atoms with E-state index in [-0.39, 0.29) is 11.4 Å². The molecule has 106 valence electrons. The van der Waals surface area contributed by atoms with E-state index in [9.17, 15) is 18.5 Å². The normalized spacial score (nSPS) is 11.4. The standard InChI is InChI=1S/C11H16N2O5S/c1-18-8-2-7-12-19(16,17)9-10-3-5-11(6-4-10)13(14)15/h3-6,12H,2,7-9H2,1H3. The minimum atomic E-state index is -3.42. The van der Waals surface area contributed by atoms with Crippen molar-refractivity contribution >= 4 is 15.7 Å². The highest BCUT2D eigenvalue weighted by Gasteiger charge is 2.12. The lowest BCUT2D eigenvalue weighted by Gasteiger charge is -2.06. The van der Waals surface area contributed by atoms with Crippen LogP contribution in [-0.2, 0) is 20.5 Å². The molecule has 1 N–H and O–H groups in total. The van der Waals surface area contributed by atoms with Gasteiger partial charge >= 0.3 is 0 Å². The fraction of sp³-hybridized carbons (Fsp3) is 0.455. The molecule has 0 atom stereocenters.